The van der Waals surface area contributed by atoms with Crippen molar-refractivity contribution >= 4 is 29.6 Å². The van der Waals surface area contributed by atoms with Gasteiger partial charge in [0.25, 0.3) is 0 Å². The normalized spacial score (nSPS) is 10.1. The largest absolute Gasteiger partial charge is 0.478 e. The first-order valence-corrected chi connectivity index (χ1v) is 6.77. The third-order valence-corrected chi connectivity index (χ3v) is 3.35. The molecule has 0 saturated carbocycles. The molecule has 0 unspecified atom stereocenters. The van der Waals surface area contributed by atoms with Gasteiger partial charge in [0.05, 0.1) is 11.3 Å². The molecular formula is C13H10FN3O3S. The Balaban J connectivity index is 1.95. The smallest absolute Gasteiger partial charge is 0.338 e. The van der Waals surface area contributed by atoms with E-state index in [0.29, 0.717) is 4.90 Å². The topological polar surface area (TPSA) is 92.2 Å². The summed E-state index contributed by atoms with van der Waals surface area (Å²) in [6.07, 6.45) is 2.99. The number of hydrogen-bond donors (Lipinski definition) is 2. The number of amides is 1. The number of carboxylic acids is 1. The molecular weight excluding hydrogens is 297 g/mol. The Bertz CT molecular complexity index is 667. The predicted octanol–water partition coefficient (Wildman–Crippen LogP) is 2.04. The van der Waals surface area contributed by atoms with E-state index < -0.39 is 17.3 Å². The number of halogens is 1. The molecule has 1 aromatic heterocycles. The number of hydrogen-bond acceptors (Lipinski definition) is 5. The quantitative estimate of drug-likeness (QED) is 0.821. The van der Waals surface area contributed by atoms with Gasteiger partial charge in [0, 0.05) is 17.3 Å². The molecule has 0 saturated heterocycles. The van der Waals surface area contributed by atoms with Gasteiger partial charge in [0.15, 0.2) is 0 Å². The highest BCUT2D eigenvalue weighted by atomic mass is 32.2. The lowest BCUT2D eigenvalue weighted by Gasteiger charge is -2.04. The molecule has 8 heteroatoms. The van der Waals surface area contributed by atoms with Crippen molar-refractivity contribution in [1.82, 2.24) is 9.97 Å². The highest BCUT2D eigenvalue weighted by molar-refractivity contribution is 8.00. The van der Waals surface area contributed by atoms with Crippen LogP contribution in [0.2, 0.25) is 0 Å². The van der Waals surface area contributed by atoms with Crippen molar-refractivity contribution in [3.63, 3.8) is 0 Å². The number of nitrogens with one attached hydrogen (secondary N) is 1. The number of aromatic carboxylic acids is 1. The molecule has 2 rings (SSSR count). The lowest BCUT2D eigenvalue weighted by molar-refractivity contribution is -0.113. The van der Waals surface area contributed by atoms with Crippen LogP contribution in [0.25, 0.3) is 0 Å². The molecule has 0 aliphatic heterocycles. The third kappa shape index (κ3) is 4.25. The molecule has 1 aromatic carbocycles. The zero-order valence-electron chi connectivity index (χ0n) is 10.6. The summed E-state index contributed by atoms with van der Waals surface area (Å²) >= 11 is 1.09. The summed E-state index contributed by atoms with van der Waals surface area (Å²) in [7, 11) is 0. The minimum absolute atomic E-state index is 0.0307. The molecule has 0 bridgehead atoms. The van der Waals surface area contributed by atoms with Crippen LogP contribution in [0.4, 0.5) is 10.3 Å². The Labute approximate surface area is 123 Å². The minimum atomic E-state index is -1.35. The van der Waals surface area contributed by atoms with Crippen LogP contribution in [0.5, 0.6) is 0 Å². The van der Waals surface area contributed by atoms with Crippen molar-refractivity contribution in [3.05, 3.63) is 48.0 Å². The summed E-state index contributed by atoms with van der Waals surface area (Å²) in [4.78, 5) is 30.6. The van der Waals surface area contributed by atoms with E-state index in [2.05, 4.69) is 15.3 Å². The highest BCUT2D eigenvalue weighted by Crippen LogP contribution is 2.21. The fraction of sp³-hybridized carbons (Fsp3) is 0.0769. The number of rotatable bonds is 5. The number of nitrogens with zero attached hydrogens (tertiary/aromatic N) is 2. The summed E-state index contributed by atoms with van der Waals surface area (Å²) in [5.74, 6) is -2.28. The molecule has 0 radical (unpaired) electrons. The first kappa shape index (κ1) is 14.9. The number of benzene rings is 1. The first-order chi connectivity index (χ1) is 10.1. The van der Waals surface area contributed by atoms with E-state index in [4.69, 9.17) is 5.11 Å². The van der Waals surface area contributed by atoms with Gasteiger partial charge in [-0.3, -0.25) is 10.1 Å². The molecule has 0 spiro atoms. The monoisotopic (exact) mass is 307 g/mol. The fourth-order valence-electron chi connectivity index (χ4n) is 1.43. The van der Waals surface area contributed by atoms with Gasteiger partial charge in [-0.2, -0.15) is 0 Å². The van der Waals surface area contributed by atoms with Crippen molar-refractivity contribution in [2.75, 3.05) is 11.1 Å². The Morgan fingerprint density at radius 2 is 2.00 bits per heavy atom. The summed E-state index contributed by atoms with van der Waals surface area (Å²) in [5, 5.41) is 11.3. The Morgan fingerprint density at radius 1 is 1.29 bits per heavy atom. The van der Waals surface area contributed by atoms with Crippen molar-refractivity contribution in [2.45, 2.75) is 4.90 Å². The van der Waals surface area contributed by atoms with Gasteiger partial charge in [-0.1, -0.05) is 0 Å². The van der Waals surface area contributed by atoms with Gasteiger partial charge in [0.1, 0.15) is 5.82 Å². The second-order valence-corrected chi connectivity index (χ2v) is 4.90. The van der Waals surface area contributed by atoms with Crippen LogP contribution in [0.15, 0.2) is 41.6 Å². The van der Waals surface area contributed by atoms with Crippen LogP contribution in [-0.4, -0.2) is 32.7 Å². The van der Waals surface area contributed by atoms with Crippen LogP contribution in [0.3, 0.4) is 0 Å². The third-order valence-electron chi connectivity index (χ3n) is 2.36. The number of carbonyl (C=O) groups is 2. The van der Waals surface area contributed by atoms with Crippen molar-refractivity contribution in [3.8, 4) is 0 Å². The Kier molecular flexibility index (Phi) is 4.83. The fourth-order valence-corrected chi connectivity index (χ4v) is 2.17. The van der Waals surface area contributed by atoms with E-state index in [1.165, 1.54) is 24.5 Å². The highest BCUT2D eigenvalue weighted by Gasteiger charge is 2.12. The Morgan fingerprint density at radius 3 is 2.67 bits per heavy atom. The number of carboxylic acid groups (broad SMARTS) is 1. The van der Waals surface area contributed by atoms with E-state index in [-0.39, 0.29) is 17.6 Å². The molecule has 0 fully saturated rings. The van der Waals surface area contributed by atoms with Crippen molar-refractivity contribution < 1.29 is 19.1 Å². The van der Waals surface area contributed by atoms with Gasteiger partial charge in [0.2, 0.25) is 11.9 Å². The van der Waals surface area contributed by atoms with E-state index >= 15 is 0 Å². The summed E-state index contributed by atoms with van der Waals surface area (Å²) in [6.45, 7) is 0. The average Bonchev–Trinajstić information content (AvgIpc) is 2.47. The molecule has 1 heterocycles. The Hall–Kier alpha value is -2.48. The lowest BCUT2D eigenvalue weighted by Crippen LogP contribution is -2.15. The van der Waals surface area contributed by atoms with E-state index in [0.717, 1.165) is 17.8 Å². The second kappa shape index (κ2) is 6.80. The van der Waals surface area contributed by atoms with Crippen LogP contribution in [0, 0.1) is 5.82 Å². The van der Waals surface area contributed by atoms with Gasteiger partial charge < -0.3 is 5.11 Å². The zero-order valence-corrected chi connectivity index (χ0v) is 11.4. The lowest BCUT2D eigenvalue weighted by atomic mass is 10.2. The van der Waals surface area contributed by atoms with Crippen LogP contribution in [-0.2, 0) is 4.79 Å². The predicted molar refractivity (Wildman–Crippen MR) is 74.7 cm³/mol. The first-order valence-electron chi connectivity index (χ1n) is 5.79. The van der Waals surface area contributed by atoms with E-state index in [9.17, 15) is 14.0 Å². The van der Waals surface area contributed by atoms with Gasteiger partial charge in [-0.15, -0.1) is 11.8 Å². The SMILES string of the molecule is O=C(CSc1ccc(F)c(C(=O)O)c1)Nc1ncccn1. The average molecular weight is 307 g/mol. The molecule has 2 aromatic rings. The summed E-state index contributed by atoms with van der Waals surface area (Å²) < 4.78 is 13.2. The van der Waals surface area contributed by atoms with Crippen LogP contribution >= 0.6 is 11.8 Å². The standard InChI is InChI=1S/C13H10FN3O3S/c14-10-3-2-8(6-9(10)12(19)20)21-7-11(18)17-13-15-4-1-5-16-13/h1-6H,7H2,(H,19,20)(H,15,16,17,18). The van der Waals surface area contributed by atoms with E-state index in [1.54, 1.807) is 6.07 Å². The van der Waals surface area contributed by atoms with Gasteiger partial charge in [-0.25, -0.2) is 19.2 Å². The number of anilines is 1. The van der Waals surface area contributed by atoms with Crippen molar-refractivity contribution in [2.24, 2.45) is 0 Å². The molecule has 6 nitrogen and oxygen atoms in total. The molecule has 2 N–H and O–H groups in total. The van der Waals surface area contributed by atoms with E-state index in [1.807, 2.05) is 0 Å². The number of aromatic nitrogens is 2. The zero-order chi connectivity index (χ0) is 15.2. The molecule has 21 heavy (non-hydrogen) atoms. The molecule has 0 aliphatic carbocycles. The van der Waals surface area contributed by atoms with Crippen molar-refractivity contribution in [1.29, 1.82) is 0 Å². The molecule has 108 valence electrons. The summed E-state index contributed by atoms with van der Waals surface area (Å²) in [6, 6.07) is 5.29. The summed E-state index contributed by atoms with van der Waals surface area (Å²) in [5.41, 5.74) is -0.424. The molecule has 0 aliphatic rings. The molecule has 1 amide bonds. The van der Waals surface area contributed by atoms with Crippen LogP contribution < -0.4 is 5.32 Å². The maximum atomic E-state index is 13.2. The number of thioether (sulfide) groups is 1. The maximum Gasteiger partial charge on any atom is 0.338 e. The number of carbonyl (C=O) groups excluding carboxylic acids is 1. The van der Waals surface area contributed by atoms with Crippen LogP contribution in [0.1, 0.15) is 10.4 Å². The van der Waals surface area contributed by atoms with Gasteiger partial charge in [-0.05, 0) is 24.3 Å². The second-order valence-electron chi connectivity index (χ2n) is 3.86. The van der Waals surface area contributed by atoms with Gasteiger partial charge >= 0.3 is 5.97 Å². The minimum Gasteiger partial charge on any atom is -0.478 e. The maximum absolute atomic E-state index is 13.2. The molecule has 0 atom stereocenters.